The van der Waals surface area contributed by atoms with Crippen LogP contribution in [-0.2, 0) is 0 Å². The maximum absolute atomic E-state index is 6.13. The molecule has 1 aromatic carbocycles. The number of thioether (sulfide) groups is 1. The second-order valence-electron chi connectivity index (χ2n) is 4.05. The molecule has 0 amide bonds. The van der Waals surface area contributed by atoms with Crippen molar-refractivity contribution in [1.29, 1.82) is 0 Å². The van der Waals surface area contributed by atoms with Crippen LogP contribution in [0.2, 0.25) is 5.02 Å². The van der Waals surface area contributed by atoms with E-state index in [-0.39, 0.29) is 12.1 Å². The molecule has 2 rings (SSSR count). The molecule has 0 saturated heterocycles. The van der Waals surface area contributed by atoms with Gasteiger partial charge in [-0.25, -0.2) is 0 Å². The van der Waals surface area contributed by atoms with E-state index in [0.29, 0.717) is 0 Å². The maximum Gasteiger partial charge on any atom is 0.124 e. The van der Waals surface area contributed by atoms with E-state index in [9.17, 15) is 0 Å². The molecule has 2 nitrogen and oxygen atoms in total. The molecule has 4 heteroatoms. The van der Waals surface area contributed by atoms with Crippen molar-refractivity contribution in [3.8, 4) is 5.75 Å². The van der Waals surface area contributed by atoms with Crippen molar-refractivity contribution in [2.75, 3.05) is 12.0 Å². The van der Waals surface area contributed by atoms with Gasteiger partial charge in [-0.3, -0.25) is 0 Å². The van der Waals surface area contributed by atoms with Crippen molar-refractivity contribution in [2.24, 2.45) is 5.73 Å². The number of fused-ring (bicyclic) bond motifs is 1. The van der Waals surface area contributed by atoms with Crippen LogP contribution in [0, 0.1) is 0 Å². The first-order valence-corrected chi connectivity index (χ1v) is 7.18. The predicted molar refractivity (Wildman–Crippen MR) is 70.4 cm³/mol. The predicted octanol–water partition coefficient (Wildman–Crippen LogP) is 3.24. The van der Waals surface area contributed by atoms with Crippen molar-refractivity contribution in [3.05, 3.63) is 28.8 Å². The normalized spacial score (nSPS) is 23.7. The van der Waals surface area contributed by atoms with Gasteiger partial charge in [-0.1, -0.05) is 11.6 Å². The number of hydrogen-bond acceptors (Lipinski definition) is 3. The first-order valence-electron chi connectivity index (χ1n) is 5.41. The summed E-state index contributed by atoms with van der Waals surface area (Å²) < 4.78 is 5.91. The molecule has 16 heavy (non-hydrogen) atoms. The van der Waals surface area contributed by atoms with Gasteiger partial charge in [-0.2, -0.15) is 11.8 Å². The van der Waals surface area contributed by atoms with Crippen molar-refractivity contribution in [3.63, 3.8) is 0 Å². The highest BCUT2D eigenvalue weighted by atomic mass is 35.5. The summed E-state index contributed by atoms with van der Waals surface area (Å²) in [6, 6.07) is 5.73. The Kier molecular flexibility index (Phi) is 4.00. The molecule has 0 aromatic heterocycles. The SMILES string of the molecule is CSCCC1C[C@H](N)c2cc(Cl)ccc2O1. The van der Waals surface area contributed by atoms with Crippen LogP contribution in [0.3, 0.4) is 0 Å². The molecule has 0 aliphatic carbocycles. The Labute approximate surface area is 105 Å². The average Bonchev–Trinajstić information content (AvgIpc) is 2.27. The highest BCUT2D eigenvalue weighted by Crippen LogP contribution is 2.36. The molecular weight excluding hydrogens is 242 g/mol. The molecule has 2 N–H and O–H groups in total. The first-order chi connectivity index (χ1) is 7.70. The highest BCUT2D eigenvalue weighted by Gasteiger charge is 2.25. The van der Waals surface area contributed by atoms with Gasteiger partial charge < -0.3 is 10.5 Å². The largest absolute Gasteiger partial charge is 0.490 e. The minimum Gasteiger partial charge on any atom is -0.490 e. The van der Waals surface area contributed by atoms with Crippen LogP contribution in [0.1, 0.15) is 24.4 Å². The van der Waals surface area contributed by atoms with E-state index in [1.54, 1.807) is 0 Å². The lowest BCUT2D eigenvalue weighted by atomic mass is 9.96. The molecule has 0 spiro atoms. The van der Waals surface area contributed by atoms with Crippen LogP contribution in [0.25, 0.3) is 0 Å². The summed E-state index contributed by atoms with van der Waals surface area (Å²) in [7, 11) is 0. The number of benzene rings is 1. The Hall–Kier alpha value is -0.380. The summed E-state index contributed by atoms with van der Waals surface area (Å²) in [4.78, 5) is 0. The van der Waals surface area contributed by atoms with Crippen molar-refractivity contribution >= 4 is 23.4 Å². The van der Waals surface area contributed by atoms with Crippen LogP contribution < -0.4 is 10.5 Å². The van der Waals surface area contributed by atoms with E-state index < -0.39 is 0 Å². The zero-order valence-electron chi connectivity index (χ0n) is 9.28. The summed E-state index contributed by atoms with van der Waals surface area (Å²) in [5.41, 5.74) is 7.17. The molecule has 0 saturated carbocycles. The molecule has 0 bridgehead atoms. The Bertz CT molecular complexity index is 372. The monoisotopic (exact) mass is 257 g/mol. The van der Waals surface area contributed by atoms with Gasteiger partial charge in [0.25, 0.3) is 0 Å². The summed E-state index contributed by atoms with van der Waals surface area (Å²) in [6.07, 6.45) is 4.29. The average molecular weight is 258 g/mol. The summed E-state index contributed by atoms with van der Waals surface area (Å²) >= 11 is 7.79. The third kappa shape index (κ3) is 2.65. The maximum atomic E-state index is 6.13. The topological polar surface area (TPSA) is 35.2 Å². The van der Waals surface area contributed by atoms with Crippen LogP contribution >= 0.6 is 23.4 Å². The second-order valence-corrected chi connectivity index (χ2v) is 5.47. The van der Waals surface area contributed by atoms with Crippen molar-refractivity contribution in [2.45, 2.75) is 25.0 Å². The van der Waals surface area contributed by atoms with E-state index in [4.69, 9.17) is 22.1 Å². The number of nitrogens with two attached hydrogens (primary N) is 1. The molecule has 88 valence electrons. The Morgan fingerprint density at radius 3 is 3.12 bits per heavy atom. The smallest absolute Gasteiger partial charge is 0.124 e. The van der Waals surface area contributed by atoms with E-state index in [2.05, 4.69) is 6.26 Å². The van der Waals surface area contributed by atoms with Gasteiger partial charge in [0.05, 0.1) is 0 Å². The fraction of sp³-hybridized carbons (Fsp3) is 0.500. The molecule has 2 atom stereocenters. The minimum atomic E-state index is 0.0503. The zero-order valence-corrected chi connectivity index (χ0v) is 10.9. The standard InChI is InChI=1S/C12H16ClNOS/c1-16-5-4-9-7-11(14)10-6-8(13)2-3-12(10)15-9/h2-3,6,9,11H,4-5,7,14H2,1H3/t9?,11-/m0/s1. The summed E-state index contributed by atoms with van der Waals surface area (Å²) in [5, 5.41) is 0.723. The summed E-state index contributed by atoms with van der Waals surface area (Å²) in [6.45, 7) is 0. The molecule has 0 fully saturated rings. The molecular formula is C12H16ClNOS. The van der Waals surface area contributed by atoms with Crippen LogP contribution in [0.15, 0.2) is 18.2 Å². The number of ether oxygens (including phenoxy) is 1. The van der Waals surface area contributed by atoms with E-state index >= 15 is 0 Å². The minimum absolute atomic E-state index is 0.0503. The molecule has 1 aliphatic rings. The van der Waals surface area contributed by atoms with E-state index in [1.165, 1.54) is 0 Å². The van der Waals surface area contributed by atoms with E-state index in [1.807, 2.05) is 30.0 Å². The molecule has 1 heterocycles. The fourth-order valence-corrected chi connectivity index (χ4v) is 2.66. The van der Waals surface area contributed by atoms with Crippen LogP contribution in [-0.4, -0.2) is 18.1 Å². The van der Waals surface area contributed by atoms with Gasteiger partial charge in [-0.05, 0) is 36.6 Å². The second kappa shape index (κ2) is 5.30. The number of hydrogen-bond donors (Lipinski definition) is 1. The quantitative estimate of drug-likeness (QED) is 0.903. The zero-order chi connectivity index (χ0) is 11.5. The Morgan fingerprint density at radius 2 is 2.38 bits per heavy atom. The van der Waals surface area contributed by atoms with Crippen molar-refractivity contribution in [1.82, 2.24) is 0 Å². The van der Waals surface area contributed by atoms with Gasteiger partial charge in [0.2, 0.25) is 0 Å². The van der Waals surface area contributed by atoms with Gasteiger partial charge in [-0.15, -0.1) is 0 Å². The van der Waals surface area contributed by atoms with Crippen LogP contribution in [0.5, 0.6) is 5.75 Å². The molecule has 1 unspecified atom stereocenters. The van der Waals surface area contributed by atoms with E-state index in [0.717, 1.165) is 34.9 Å². The first kappa shape index (κ1) is 12.1. The molecule has 1 aliphatic heterocycles. The number of rotatable bonds is 3. The molecule has 1 aromatic rings. The van der Waals surface area contributed by atoms with Crippen LogP contribution in [0.4, 0.5) is 0 Å². The van der Waals surface area contributed by atoms with Gasteiger partial charge in [0.15, 0.2) is 0 Å². The lowest BCUT2D eigenvalue weighted by Crippen LogP contribution is -2.29. The third-order valence-electron chi connectivity index (χ3n) is 2.83. The van der Waals surface area contributed by atoms with Gasteiger partial charge in [0, 0.05) is 23.0 Å². The lowest BCUT2D eigenvalue weighted by molar-refractivity contribution is 0.156. The van der Waals surface area contributed by atoms with Gasteiger partial charge >= 0.3 is 0 Å². The van der Waals surface area contributed by atoms with Crippen molar-refractivity contribution < 1.29 is 4.74 Å². The number of halogens is 1. The Morgan fingerprint density at radius 1 is 1.56 bits per heavy atom. The lowest BCUT2D eigenvalue weighted by Gasteiger charge is -2.30. The Balaban J connectivity index is 2.13. The summed E-state index contributed by atoms with van der Waals surface area (Å²) in [5.74, 6) is 2.01. The highest BCUT2D eigenvalue weighted by molar-refractivity contribution is 7.98. The third-order valence-corrected chi connectivity index (χ3v) is 3.70. The fourth-order valence-electron chi connectivity index (χ4n) is 1.98. The molecule has 0 radical (unpaired) electrons. The van der Waals surface area contributed by atoms with Gasteiger partial charge in [0.1, 0.15) is 11.9 Å².